The Bertz CT molecular complexity index is 669. The number of fused-ring (bicyclic) bond motifs is 3. The molecule has 1 heteroatoms. The van der Waals surface area contributed by atoms with Crippen LogP contribution in [0.1, 0.15) is 115 Å². The first-order chi connectivity index (χ1) is 14.3. The van der Waals surface area contributed by atoms with E-state index in [9.17, 15) is 0 Å². The van der Waals surface area contributed by atoms with Crippen LogP contribution in [0.4, 0.5) is 0 Å². The molecule has 0 amide bonds. The molecular weight excluding hydrogens is 359 g/mol. The van der Waals surface area contributed by atoms with Gasteiger partial charge in [-0.25, -0.2) is 0 Å². The molecule has 161 valence electrons. The quantitative estimate of drug-likeness (QED) is 0.219. The van der Waals surface area contributed by atoms with Crippen molar-refractivity contribution in [1.29, 1.82) is 0 Å². The van der Waals surface area contributed by atoms with Crippen LogP contribution < -0.4 is 0 Å². The van der Waals surface area contributed by atoms with Gasteiger partial charge in [-0.05, 0) is 35.1 Å². The topological polar surface area (TPSA) is 0 Å². The molecule has 0 spiro atoms. The Hall–Kier alpha value is -1.50. The summed E-state index contributed by atoms with van der Waals surface area (Å²) >= 11 is 0. The summed E-state index contributed by atoms with van der Waals surface area (Å²) in [7, 11) is 0. The molecule has 0 heterocycles. The van der Waals surface area contributed by atoms with Crippen molar-refractivity contribution in [3.63, 3.8) is 0 Å². The summed E-state index contributed by atoms with van der Waals surface area (Å²) in [6.45, 7) is 4.61. The summed E-state index contributed by atoms with van der Waals surface area (Å²) in [6, 6.07) is 18.6. The molecular formula is C29H42B. The molecule has 0 aliphatic heterocycles. The molecule has 0 unspecified atom stereocenters. The molecule has 0 N–H and O–H groups in total. The van der Waals surface area contributed by atoms with Gasteiger partial charge in [-0.1, -0.05) is 139 Å². The Balaban J connectivity index is 0.00000320. The Morgan fingerprint density at radius 1 is 0.500 bits per heavy atom. The van der Waals surface area contributed by atoms with Crippen molar-refractivity contribution in [2.75, 3.05) is 0 Å². The highest BCUT2D eigenvalue weighted by Crippen LogP contribution is 2.53. The molecule has 3 rings (SSSR count). The zero-order valence-corrected chi connectivity index (χ0v) is 19.6. The first kappa shape index (κ1) is 24.8. The highest BCUT2D eigenvalue weighted by atomic mass is 14.4. The van der Waals surface area contributed by atoms with Crippen LogP contribution in [0.3, 0.4) is 0 Å². The average Bonchev–Trinajstić information content (AvgIpc) is 3.04. The van der Waals surface area contributed by atoms with E-state index in [1.807, 2.05) is 0 Å². The summed E-state index contributed by atoms with van der Waals surface area (Å²) < 4.78 is 0. The van der Waals surface area contributed by atoms with Crippen molar-refractivity contribution >= 4 is 8.41 Å². The smallest absolute Gasteiger partial charge is 0.0215 e. The zero-order chi connectivity index (χ0) is 20.4. The third-order valence-electron chi connectivity index (χ3n) is 7.09. The van der Waals surface area contributed by atoms with E-state index in [2.05, 4.69) is 62.4 Å². The van der Waals surface area contributed by atoms with Gasteiger partial charge >= 0.3 is 0 Å². The Labute approximate surface area is 188 Å². The van der Waals surface area contributed by atoms with Crippen LogP contribution >= 0.6 is 0 Å². The van der Waals surface area contributed by atoms with E-state index in [0.717, 1.165) is 0 Å². The summed E-state index contributed by atoms with van der Waals surface area (Å²) in [6.07, 6.45) is 19.3. The number of benzene rings is 2. The van der Waals surface area contributed by atoms with Crippen molar-refractivity contribution in [3.8, 4) is 11.1 Å². The van der Waals surface area contributed by atoms with Gasteiger partial charge in [0.05, 0.1) is 0 Å². The fourth-order valence-corrected chi connectivity index (χ4v) is 5.49. The number of hydrogen-bond acceptors (Lipinski definition) is 0. The molecule has 0 saturated heterocycles. The molecule has 1 aliphatic rings. The van der Waals surface area contributed by atoms with E-state index < -0.39 is 0 Å². The van der Waals surface area contributed by atoms with Gasteiger partial charge in [-0.2, -0.15) is 0 Å². The lowest BCUT2D eigenvalue weighted by molar-refractivity contribution is 0.398. The minimum absolute atomic E-state index is 0. The minimum Gasteiger partial charge on any atom is -0.0654 e. The first-order valence-corrected chi connectivity index (χ1v) is 12.5. The van der Waals surface area contributed by atoms with Gasteiger partial charge in [-0.3, -0.25) is 0 Å². The standard InChI is InChI=1S/C29H42.B/c1-3-5-7-9-11-17-23-29(24-18-12-10-8-6-4-2)27-21-15-13-19-25(27)26-20-14-16-22-28(26)29;/h13-16,19-22H,3-12,17-18,23-24H2,1-2H3;. The highest BCUT2D eigenvalue weighted by molar-refractivity contribution is 5.80. The predicted octanol–water partition coefficient (Wildman–Crippen LogP) is 9.07. The molecule has 3 radical (unpaired) electrons. The number of rotatable bonds is 14. The lowest BCUT2D eigenvalue weighted by Crippen LogP contribution is -2.25. The van der Waals surface area contributed by atoms with Crippen molar-refractivity contribution in [3.05, 3.63) is 59.7 Å². The van der Waals surface area contributed by atoms with E-state index in [4.69, 9.17) is 0 Å². The van der Waals surface area contributed by atoms with E-state index in [-0.39, 0.29) is 13.8 Å². The van der Waals surface area contributed by atoms with Crippen LogP contribution in [-0.2, 0) is 5.41 Å². The van der Waals surface area contributed by atoms with Gasteiger partial charge in [0.15, 0.2) is 0 Å². The van der Waals surface area contributed by atoms with Crippen molar-refractivity contribution in [1.82, 2.24) is 0 Å². The monoisotopic (exact) mass is 401 g/mol. The van der Waals surface area contributed by atoms with Crippen LogP contribution in [0.25, 0.3) is 11.1 Å². The molecule has 0 fully saturated rings. The second kappa shape index (κ2) is 13.0. The first-order valence-electron chi connectivity index (χ1n) is 12.5. The molecule has 1 aliphatic carbocycles. The summed E-state index contributed by atoms with van der Waals surface area (Å²) in [5.41, 5.74) is 6.48. The van der Waals surface area contributed by atoms with Crippen molar-refractivity contribution in [2.45, 2.75) is 109 Å². The molecule has 0 aromatic heterocycles. The van der Waals surface area contributed by atoms with E-state index in [1.165, 1.54) is 101 Å². The molecule has 2 aromatic carbocycles. The molecule has 0 atom stereocenters. The van der Waals surface area contributed by atoms with Crippen LogP contribution in [0, 0.1) is 0 Å². The van der Waals surface area contributed by atoms with Gasteiger partial charge in [-0.15, -0.1) is 0 Å². The molecule has 30 heavy (non-hydrogen) atoms. The molecule has 0 saturated carbocycles. The van der Waals surface area contributed by atoms with Crippen LogP contribution in [0.15, 0.2) is 48.5 Å². The van der Waals surface area contributed by atoms with E-state index in [0.29, 0.717) is 0 Å². The predicted molar refractivity (Wildman–Crippen MR) is 134 cm³/mol. The number of unbranched alkanes of at least 4 members (excludes halogenated alkanes) is 10. The van der Waals surface area contributed by atoms with Crippen LogP contribution in [0.2, 0.25) is 0 Å². The summed E-state index contributed by atoms with van der Waals surface area (Å²) in [4.78, 5) is 0. The Morgan fingerprint density at radius 2 is 0.867 bits per heavy atom. The third-order valence-corrected chi connectivity index (χ3v) is 7.09. The Morgan fingerprint density at radius 3 is 1.30 bits per heavy atom. The van der Waals surface area contributed by atoms with Crippen molar-refractivity contribution < 1.29 is 0 Å². The van der Waals surface area contributed by atoms with Crippen LogP contribution in [0.5, 0.6) is 0 Å². The van der Waals surface area contributed by atoms with E-state index >= 15 is 0 Å². The van der Waals surface area contributed by atoms with Gasteiger partial charge in [0, 0.05) is 13.8 Å². The summed E-state index contributed by atoms with van der Waals surface area (Å²) in [5.74, 6) is 0. The number of hydrogen-bond donors (Lipinski definition) is 0. The van der Waals surface area contributed by atoms with Gasteiger partial charge in [0.2, 0.25) is 0 Å². The largest absolute Gasteiger partial charge is 0.0654 e. The lowest BCUT2D eigenvalue weighted by Gasteiger charge is -2.33. The lowest BCUT2D eigenvalue weighted by atomic mass is 9.70. The van der Waals surface area contributed by atoms with Crippen LogP contribution in [-0.4, -0.2) is 8.41 Å². The summed E-state index contributed by atoms with van der Waals surface area (Å²) in [5, 5.41) is 0. The second-order valence-electron chi connectivity index (χ2n) is 9.21. The molecule has 0 bridgehead atoms. The molecule has 0 nitrogen and oxygen atoms in total. The fourth-order valence-electron chi connectivity index (χ4n) is 5.49. The average molecular weight is 401 g/mol. The van der Waals surface area contributed by atoms with Gasteiger partial charge < -0.3 is 0 Å². The van der Waals surface area contributed by atoms with Crippen molar-refractivity contribution in [2.24, 2.45) is 0 Å². The maximum atomic E-state index is 2.43. The fraction of sp³-hybridized carbons (Fsp3) is 0.586. The highest BCUT2D eigenvalue weighted by Gasteiger charge is 2.41. The maximum Gasteiger partial charge on any atom is 0.0215 e. The van der Waals surface area contributed by atoms with E-state index in [1.54, 1.807) is 11.1 Å². The Kier molecular flexibility index (Phi) is 10.8. The normalized spacial score (nSPS) is 13.5. The SMILES string of the molecule is CCCCCCCCC1(CCCCCCCC)c2ccccc2-c2ccccc21.[B]. The minimum atomic E-state index is 0. The second-order valence-corrected chi connectivity index (χ2v) is 9.21. The maximum absolute atomic E-state index is 2.43. The molecule has 2 aromatic rings. The third kappa shape index (κ3) is 5.80. The van der Waals surface area contributed by atoms with Gasteiger partial charge in [0.25, 0.3) is 0 Å². The van der Waals surface area contributed by atoms with Gasteiger partial charge in [0.1, 0.15) is 0 Å². The zero-order valence-electron chi connectivity index (χ0n) is 19.6.